The molecule has 0 aliphatic heterocycles. The molecule has 2 rings (SSSR count). The lowest BCUT2D eigenvalue weighted by molar-refractivity contribution is 0.243. The highest BCUT2D eigenvalue weighted by atomic mass is 14.9. The second kappa shape index (κ2) is 6.56. The molecule has 0 amide bonds. The van der Waals surface area contributed by atoms with Gasteiger partial charge in [0.05, 0.1) is 0 Å². The molecule has 1 saturated carbocycles. The van der Waals surface area contributed by atoms with Crippen molar-refractivity contribution >= 4 is 0 Å². The van der Waals surface area contributed by atoms with Crippen molar-refractivity contribution in [2.75, 3.05) is 13.1 Å². The van der Waals surface area contributed by atoms with Gasteiger partial charge in [-0.3, -0.25) is 0 Å². The molecule has 0 spiro atoms. The first kappa shape index (κ1) is 14.6. The summed E-state index contributed by atoms with van der Waals surface area (Å²) in [7, 11) is 0. The minimum atomic E-state index is 0.638. The van der Waals surface area contributed by atoms with Gasteiger partial charge in [0, 0.05) is 0 Å². The third-order valence-electron chi connectivity index (χ3n) is 4.41. The lowest BCUT2D eigenvalue weighted by Gasteiger charge is -2.37. The molecule has 1 aromatic carbocycles. The first-order valence-corrected chi connectivity index (χ1v) is 7.88. The molecule has 0 saturated heterocycles. The zero-order valence-electron chi connectivity index (χ0n) is 12.9. The molecule has 106 valence electrons. The van der Waals surface area contributed by atoms with Gasteiger partial charge in [-0.05, 0) is 60.7 Å². The smallest absolute Gasteiger partial charge is 0.00146 e. The van der Waals surface area contributed by atoms with E-state index in [1.54, 1.807) is 5.56 Å². The van der Waals surface area contributed by atoms with E-state index < -0.39 is 0 Å². The second-order valence-corrected chi connectivity index (χ2v) is 6.82. The Labute approximate surface area is 118 Å². The van der Waals surface area contributed by atoms with Crippen molar-refractivity contribution in [2.24, 2.45) is 11.8 Å². The maximum atomic E-state index is 3.62. The minimum absolute atomic E-state index is 0.638. The van der Waals surface area contributed by atoms with E-state index in [2.05, 4.69) is 57.3 Å². The van der Waals surface area contributed by atoms with Crippen LogP contribution in [0.4, 0.5) is 0 Å². The van der Waals surface area contributed by atoms with Crippen molar-refractivity contribution in [3.05, 3.63) is 35.4 Å². The van der Waals surface area contributed by atoms with Crippen molar-refractivity contribution in [1.29, 1.82) is 0 Å². The molecule has 1 aliphatic carbocycles. The van der Waals surface area contributed by atoms with E-state index in [4.69, 9.17) is 0 Å². The highest BCUT2D eigenvalue weighted by Crippen LogP contribution is 2.42. The highest BCUT2D eigenvalue weighted by Gasteiger charge is 2.31. The summed E-state index contributed by atoms with van der Waals surface area (Å²) in [6.45, 7) is 11.4. The Kier molecular flexibility index (Phi) is 5.04. The van der Waals surface area contributed by atoms with Crippen LogP contribution in [0.1, 0.15) is 63.5 Å². The number of hydrogen-bond donors (Lipinski definition) is 1. The van der Waals surface area contributed by atoms with Crippen molar-refractivity contribution in [3.63, 3.8) is 0 Å². The molecular weight excluding hydrogens is 230 g/mol. The summed E-state index contributed by atoms with van der Waals surface area (Å²) in [5, 5.41) is 3.62. The second-order valence-electron chi connectivity index (χ2n) is 6.82. The SMILES string of the molecule is CC(C)CNCC1CCC1c1ccc(C(C)C)cc1. The number of hydrogen-bond acceptors (Lipinski definition) is 1. The normalized spacial score (nSPS) is 22.8. The molecule has 1 aromatic rings. The Bertz CT molecular complexity index is 377. The van der Waals surface area contributed by atoms with Crippen LogP contribution in [0.2, 0.25) is 0 Å². The number of benzene rings is 1. The summed E-state index contributed by atoms with van der Waals surface area (Å²) in [5.41, 5.74) is 3.00. The van der Waals surface area contributed by atoms with Crippen molar-refractivity contribution < 1.29 is 0 Å². The van der Waals surface area contributed by atoms with E-state index in [0.717, 1.165) is 24.3 Å². The van der Waals surface area contributed by atoms with Gasteiger partial charge in [-0.15, -0.1) is 0 Å². The van der Waals surface area contributed by atoms with Gasteiger partial charge in [0.25, 0.3) is 0 Å². The van der Waals surface area contributed by atoms with Crippen LogP contribution in [-0.2, 0) is 0 Å². The van der Waals surface area contributed by atoms with Crippen molar-refractivity contribution in [1.82, 2.24) is 5.32 Å². The Balaban J connectivity index is 1.87. The summed E-state index contributed by atoms with van der Waals surface area (Å²) < 4.78 is 0. The van der Waals surface area contributed by atoms with Crippen LogP contribution in [0.15, 0.2) is 24.3 Å². The zero-order chi connectivity index (χ0) is 13.8. The van der Waals surface area contributed by atoms with Crippen LogP contribution in [0.5, 0.6) is 0 Å². The Morgan fingerprint density at radius 1 is 1.05 bits per heavy atom. The molecule has 0 aromatic heterocycles. The Morgan fingerprint density at radius 2 is 1.74 bits per heavy atom. The topological polar surface area (TPSA) is 12.0 Å². The number of nitrogens with one attached hydrogen (secondary N) is 1. The lowest BCUT2D eigenvalue weighted by atomic mass is 9.70. The molecule has 0 radical (unpaired) electrons. The standard InChI is InChI=1S/C18H29N/c1-13(2)11-19-12-17-9-10-18(17)16-7-5-15(6-8-16)14(3)4/h5-8,13-14,17-19H,9-12H2,1-4H3. The van der Waals surface area contributed by atoms with Gasteiger partial charge in [0.1, 0.15) is 0 Å². The Hall–Kier alpha value is -0.820. The number of rotatable bonds is 6. The highest BCUT2D eigenvalue weighted by molar-refractivity contribution is 5.29. The van der Waals surface area contributed by atoms with Crippen LogP contribution in [0, 0.1) is 11.8 Å². The van der Waals surface area contributed by atoms with Crippen LogP contribution in [0.25, 0.3) is 0 Å². The van der Waals surface area contributed by atoms with E-state index in [-0.39, 0.29) is 0 Å². The van der Waals surface area contributed by atoms with E-state index in [0.29, 0.717) is 5.92 Å². The van der Waals surface area contributed by atoms with Crippen LogP contribution < -0.4 is 5.32 Å². The summed E-state index contributed by atoms with van der Waals surface area (Å²) in [6, 6.07) is 9.34. The fraction of sp³-hybridized carbons (Fsp3) is 0.667. The average molecular weight is 259 g/mol. The van der Waals surface area contributed by atoms with Gasteiger partial charge < -0.3 is 5.32 Å². The first-order chi connectivity index (χ1) is 9.08. The molecule has 1 fully saturated rings. The zero-order valence-corrected chi connectivity index (χ0v) is 12.9. The Morgan fingerprint density at radius 3 is 2.21 bits per heavy atom. The van der Waals surface area contributed by atoms with E-state index in [9.17, 15) is 0 Å². The average Bonchev–Trinajstić information content (AvgIpc) is 2.33. The molecule has 2 unspecified atom stereocenters. The maximum absolute atomic E-state index is 3.62. The van der Waals surface area contributed by atoms with Gasteiger partial charge in [0.15, 0.2) is 0 Å². The van der Waals surface area contributed by atoms with Crippen molar-refractivity contribution in [2.45, 2.75) is 52.4 Å². The molecular formula is C18H29N. The molecule has 0 heterocycles. The van der Waals surface area contributed by atoms with E-state index in [1.807, 2.05) is 0 Å². The van der Waals surface area contributed by atoms with Gasteiger partial charge in [-0.25, -0.2) is 0 Å². The molecule has 1 aliphatic rings. The predicted octanol–water partition coefficient (Wildman–Crippen LogP) is 4.55. The van der Waals surface area contributed by atoms with Crippen LogP contribution in [0.3, 0.4) is 0 Å². The predicted molar refractivity (Wildman–Crippen MR) is 83.7 cm³/mol. The van der Waals surface area contributed by atoms with Gasteiger partial charge in [-0.2, -0.15) is 0 Å². The minimum Gasteiger partial charge on any atom is -0.316 e. The monoisotopic (exact) mass is 259 g/mol. The fourth-order valence-electron chi connectivity index (χ4n) is 2.94. The summed E-state index contributed by atoms with van der Waals surface area (Å²) >= 11 is 0. The fourth-order valence-corrected chi connectivity index (χ4v) is 2.94. The summed E-state index contributed by atoms with van der Waals surface area (Å²) in [4.78, 5) is 0. The lowest BCUT2D eigenvalue weighted by Crippen LogP contribution is -2.35. The third-order valence-corrected chi connectivity index (χ3v) is 4.41. The summed E-state index contributed by atoms with van der Waals surface area (Å²) in [5.74, 6) is 3.03. The molecule has 1 heteroatoms. The van der Waals surface area contributed by atoms with E-state index >= 15 is 0 Å². The van der Waals surface area contributed by atoms with Gasteiger partial charge >= 0.3 is 0 Å². The van der Waals surface area contributed by atoms with E-state index in [1.165, 1.54) is 24.9 Å². The largest absolute Gasteiger partial charge is 0.316 e. The molecule has 1 nitrogen and oxygen atoms in total. The van der Waals surface area contributed by atoms with Crippen molar-refractivity contribution in [3.8, 4) is 0 Å². The quantitative estimate of drug-likeness (QED) is 0.790. The maximum Gasteiger partial charge on any atom is -0.00146 e. The van der Waals surface area contributed by atoms with Crippen LogP contribution in [-0.4, -0.2) is 13.1 Å². The summed E-state index contributed by atoms with van der Waals surface area (Å²) in [6.07, 6.45) is 2.76. The van der Waals surface area contributed by atoms with Gasteiger partial charge in [-0.1, -0.05) is 52.0 Å². The van der Waals surface area contributed by atoms with Gasteiger partial charge in [0.2, 0.25) is 0 Å². The third kappa shape index (κ3) is 3.82. The molecule has 0 bridgehead atoms. The van der Waals surface area contributed by atoms with Crippen LogP contribution >= 0.6 is 0 Å². The molecule has 1 N–H and O–H groups in total. The molecule has 19 heavy (non-hydrogen) atoms. The first-order valence-electron chi connectivity index (χ1n) is 7.88. The molecule has 2 atom stereocenters.